The summed E-state index contributed by atoms with van der Waals surface area (Å²) < 4.78 is 7.18. The van der Waals surface area contributed by atoms with Crippen LogP contribution in [-0.2, 0) is 0 Å². The van der Waals surface area contributed by atoms with E-state index < -0.39 is 0 Å². The summed E-state index contributed by atoms with van der Waals surface area (Å²) in [7, 11) is 1.54. The lowest BCUT2D eigenvalue weighted by molar-refractivity contribution is 0.102. The highest BCUT2D eigenvalue weighted by Crippen LogP contribution is 2.36. The van der Waals surface area contributed by atoms with Crippen LogP contribution in [0.25, 0.3) is 20.8 Å². The van der Waals surface area contributed by atoms with Gasteiger partial charge in [0, 0.05) is 15.7 Å². The van der Waals surface area contributed by atoms with Crippen LogP contribution in [0, 0.1) is 0 Å². The minimum Gasteiger partial charge on any atom is -0.496 e. The van der Waals surface area contributed by atoms with E-state index >= 15 is 0 Å². The molecule has 0 aliphatic heterocycles. The molecule has 1 N–H and O–H groups in total. The molecule has 0 spiro atoms. The number of nitrogens with zero attached hydrogens (tertiary/aromatic N) is 1. The molecule has 140 valence electrons. The number of halogens is 2. The van der Waals surface area contributed by atoms with Gasteiger partial charge in [-0.2, -0.15) is 0 Å². The quantitative estimate of drug-likeness (QED) is 0.361. The Morgan fingerprint density at radius 1 is 1.14 bits per heavy atom. The SMILES string of the molecule is COc1ccc(Br)cc1C(=O)Nc1ccc(Cl)c(-c2nc3ccccc3s2)c1. The van der Waals surface area contributed by atoms with Crippen LogP contribution < -0.4 is 10.1 Å². The molecule has 1 aromatic heterocycles. The average Bonchev–Trinajstić information content (AvgIpc) is 3.13. The molecule has 0 saturated heterocycles. The molecule has 0 aliphatic rings. The van der Waals surface area contributed by atoms with Gasteiger partial charge < -0.3 is 10.1 Å². The van der Waals surface area contributed by atoms with Crippen molar-refractivity contribution in [2.24, 2.45) is 0 Å². The van der Waals surface area contributed by atoms with E-state index in [4.69, 9.17) is 16.3 Å². The summed E-state index contributed by atoms with van der Waals surface area (Å²) in [5.41, 5.74) is 2.77. The van der Waals surface area contributed by atoms with Crippen molar-refractivity contribution >= 4 is 60.7 Å². The van der Waals surface area contributed by atoms with Crippen LogP contribution in [0.15, 0.2) is 65.1 Å². The Hall–Kier alpha value is -2.41. The molecule has 7 heteroatoms. The number of carbonyl (C=O) groups is 1. The Labute approximate surface area is 179 Å². The first-order valence-electron chi connectivity index (χ1n) is 8.35. The van der Waals surface area contributed by atoms with Crippen LogP contribution >= 0.6 is 38.9 Å². The normalized spacial score (nSPS) is 10.8. The molecule has 1 amide bonds. The largest absolute Gasteiger partial charge is 0.496 e. The lowest BCUT2D eigenvalue weighted by Crippen LogP contribution is -2.13. The van der Waals surface area contributed by atoms with Crippen LogP contribution in [-0.4, -0.2) is 18.0 Å². The summed E-state index contributed by atoms with van der Waals surface area (Å²) in [6.45, 7) is 0. The van der Waals surface area contributed by atoms with Crippen LogP contribution in [0.1, 0.15) is 10.4 Å². The number of carbonyl (C=O) groups excluding carboxylic acids is 1. The van der Waals surface area contributed by atoms with E-state index in [1.165, 1.54) is 7.11 Å². The van der Waals surface area contributed by atoms with Gasteiger partial charge in [0.05, 0.1) is 27.9 Å². The summed E-state index contributed by atoms with van der Waals surface area (Å²) in [5.74, 6) is 0.233. The number of ether oxygens (including phenoxy) is 1. The first-order valence-corrected chi connectivity index (χ1v) is 10.3. The van der Waals surface area contributed by atoms with Crippen LogP contribution in [0.5, 0.6) is 5.75 Å². The summed E-state index contributed by atoms with van der Waals surface area (Å²) in [5, 5.41) is 4.30. The van der Waals surface area contributed by atoms with Gasteiger partial charge in [-0.1, -0.05) is 39.7 Å². The van der Waals surface area contributed by atoms with Gasteiger partial charge in [-0.25, -0.2) is 4.98 Å². The van der Waals surface area contributed by atoms with Gasteiger partial charge in [0.25, 0.3) is 5.91 Å². The summed E-state index contributed by atoms with van der Waals surface area (Å²) >= 11 is 11.4. The number of aromatic nitrogens is 1. The van der Waals surface area contributed by atoms with Gasteiger partial charge in [0.2, 0.25) is 0 Å². The monoisotopic (exact) mass is 472 g/mol. The third-order valence-corrected chi connectivity index (χ3v) is 6.05. The first-order chi connectivity index (χ1) is 13.5. The maximum atomic E-state index is 12.8. The second-order valence-electron chi connectivity index (χ2n) is 5.98. The smallest absolute Gasteiger partial charge is 0.259 e. The highest BCUT2D eigenvalue weighted by atomic mass is 79.9. The zero-order valence-corrected chi connectivity index (χ0v) is 17.9. The molecule has 3 aromatic carbocycles. The fourth-order valence-electron chi connectivity index (χ4n) is 2.81. The van der Waals surface area contributed by atoms with Gasteiger partial charge in [0.15, 0.2) is 0 Å². The van der Waals surface area contributed by atoms with E-state index in [9.17, 15) is 4.79 Å². The molecule has 0 bridgehead atoms. The zero-order valence-electron chi connectivity index (χ0n) is 14.7. The Kier molecular flexibility index (Phi) is 5.35. The average molecular weight is 474 g/mol. The second kappa shape index (κ2) is 7.91. The van der Waals surface area contributed by atoms with E-state index in [-0.39, 0.29) is 5.91 Å². The molecule has 0 fully saturated rings. The molecule has 0 aliphatic carbocycles. The van der Waals surface area contributed by atoms with E-state index in [0.29, 0.717) is 22.0 Å². The fraction of sp³-hybridized carbons (Fsp3) is 0.0476. The highest BCUT2D eigenvalue weighted by Gasteiger charge is 2.15. The maximum Gasteiger partial charge on any atom is 0.259 e. The number of hydrogen-bond donors (Lipinski definition) is 1. The summed E-state index contributed by atoms with van der Waals surface area (Å²) in [6.07, 6.45) is 0. The predicted octanol–water partition coefficient (Wildman–Crippen LogP) is 6.64. The van der Waals surface area contributed by atoms with Crippen molar-refractivity contribution in [3.05, 3.63) is 75.7 Å². The lowest BCUT2D eigenvalue weighted by Gasteiger charge is -2.11. The predicted molar refractivity (Wildman–Crippen MR) is 119 cm³/mol. The molecular weight excluding hydrogens is 460 g/mol. The fourth-order valence-corrected chi connectivity index (χ4v) is 4.43. The van der Waals surface area contributed by atoms with E-state index in [2.05, 4.69) is 26.2 Å². The van der Waals surface area contributed by atoms with Crippen LogP contribution in [0.3, 0.4) is 0 Å². The number of nitrogens with one attached hydrogen (secondary N) is 1. The van der Waals surface area contributed by atoms with Gasteiger partial charge >= 0.3 is 0 Å². The topological polar surface area (TPSA) is 51.2 Å². The Morgan fingerprint density at radius 2 is 1.96 bits per heavy atom. The number of fused-ring (bicyclic) bond motifs is 1. The third-order valence-electron chi connectivity index (χ3n) is 4.15. The number of amides is 1. The van der Waals surface area contributed by atoms with Crippen LogP contribution in [0.2, 0.25) is 5.02 Å². The Morgan fingerprint density at radius 3 is 2.75 bits per heavy atom. The van der Waals surface area contributed by atoms with Crippen molar-refractivity contribution < 1.29 is 9.53 Å². The van der Waals surface area contributed by atoms with Crippen molar-refractivity contribution in [3.63, 3.8) is 0 Å². The Bertz CT molecular complexity index is 1160. The number of benzene rings is 3. The number of para-hydroxylation sites is 1. The van der Waals surface area contributed by atoms with Crippen molar-refractivity contribution in [1.82, 2.24) is 4.98 Å². The molecule has 0 saturated carbocycles. The molecule has 28 heavy (non-hydrogen) atoms. The second-order valence-corrected chi connectivity index (χ2v) is 8.33. The number of methoxy groups -OCH3 is 1. The van der Waals surface area contributed by atoms with Gasteiger partial charge in [-0.15, -0.1) is 11.3 Å². The highest BCUT2D eigenvalue weighted by molar-refractivity contribution is 9.10. The van der Waals surface area contributed by atoms with Crippen molar-refractivity contribution in [2.45, 2.75) is 0 Å². The standard InChI is InChI=1S/C21H14BrClN2O2S/c1-27-18-9-6-12(22)10-15(18)20(26)24-13-7-8-16(23)14(11-13)21-25-17-4-2-3-5-19(17)28-21/h2-11H,1H3,(H,24,26). The molecule has 1 heterocycles. The Balaban J connectivity index is 1.67. The number of thiazole rings is 1. The molecule has 0 unspecified atom stereocenters. The molecule has 0 atom stereocenters. The summed E-state index contributed by atoms with van der Waals surface area (Å²) in [4.78, 5) is 17.4. The van der Waals surface area contributed by atoms with Gasteiger partial charge in [0.1, 0.15) is 10.8 Å². The summed E-state index contributed by atoms with van der Waals surface area (Å²) in [6, 6.07) is 18.6. The zero-order chi connectivity index (χ0) is 19.7. The maximum absolute atomic E-state index is 12.8. The number of rotatable bonds is 4. The third kappa shape index (κ3) is 3.76. The molecule has 4 nitrogen and oxygen atoms in total. The molecule has 0 radical (unpaired) electrons. The first kappa shape index (κ1) is 18.9. The molecular formula is C21H14BrClN2O2S. The van der Waals surface area contributed by atoms with Crippen molar-refractivity contribution in [3.8, 4) is 16.3 Å². The molecule has 4 rings (SSSR count). The van der Waals surface area contributed by atoms with Gasteiger partial charge in [-0.05, 0) is 48.5 Å². The van der Waals surface area contributed by atoms with Gasteiger partial charge in [-0.3, -0.25) is 4.79 Å². The van der Waals surface area contributed by atoms with E-state index in [1.807, 2.05) is 36.4 Å². The lowest BCUT2D eigenvalue weighted by atomic mass is 10.1. The van der Waals surface area contributed by atoms with E-state index in [0.717, 1.165) is 25.3 Å². The number of hydrogen-bond acceptors (Lipinski definition) is 4. The molecule has 4 aromatic rings. The van der Waals surface area contributed by atoms with Crippen LogP contribution in [0.4, 0.5) is 5.69 Å². The number of anilines is 1. The van der Waals surface area contributed by atoms with Crippen molar-refractivity contribution in [2.75, 3.05) is 12.4 Å². The van der Waals surface area contributed by atoms with E-state index in [1.54, 1.807) is 35.6 Å². The van der Waals surface area contributed by atoms with Crippen molar-refractivity contribution in [1.29, 1.82) is 0 Å². The minimum absolute atomic E-state index is 0.268. The minimum atomic E-state index is -0.268.